The number of halogens is 2. The van der Waals surface area contributed by atoms with Gasteiger partial charge in [0.05, 0.1) is 11.1 Å². The number of rotatable bonds is 5. The van der Waals surface area contributed by atoms with Crippen LogP contribution in [0.3, 0.4) is 0 Å². The lowest BCUT2D eigenvalue weighted by Gasteiger charge is -2.30. The summed E-state index contributed by atoms with van der Waals surface area (Å²) >= 11 is 9.21. The van der Waals surface area contributed by atoms with Gasteiger partial charge < -0.3 is 0 Å². The number of hydrogen-bond acceptors (Lipinski definition) is 4. The largest absolute Gasteiger partial charge is 0.273 e. The molecular formula is C19H19BrClN3O3S. The number of sulfonamides is 1. The maximum atomic E-state index is 12.7. The number of piperidine rings is 1. The van der Waals surface area contributed by atoms with Crippen molar-refractivity contribution < 1.29 is 13.2 Å². The van der Waals surface area contributed by atoms with Crippen LogP contribution in [0.4, 0.5) is 0 Å². The molecule has 0 atom stereocenters. The molecule has 1 N–H and O–H groups in total. The van der Waals surface area contributed by atoms with Gasteiger partial charge in [0.25, 0.3) is 0 Å². The highest BCUT2D eigenvalue weighted by Gasteiger charge is 2.32. The molecule has 2 aromatic rings. The van der Waals surface area contributed by atoms with Crippen LogP contribution in [0.1, 0.15) is 18.4 Å². The molecular weight excluding hydrogens is 466 g/mol. The lowest BCUT2D eigenvalue weighted by Crippen LogP contribution is -2.42. The van der Waals surface area contributed by atoms with Crippen LogP contribution in [0.5, 0.6) is 0 Å². The first kappa shape index (κ1) is 21.0. The molecule has 1 aliphatic rings. The molecule has 148 valence electrons. The summed E-state index contributed by atoms with van der Waals surface area (Å²) in [6.07, 6.45) is 2.43. The zero-order chi connectivity index (χ0) is 20.1. The SMILES string of the molecule is O=C(N/N=C\c1cccc(Cl)c1)C1CCN(S(=O)(=O)c2ccc(Br)cc2)CC1. The fourth-order valence-electron chi connectivity index (χ4n) is 2.96. The van der Waals surface area contributed by atoms with Crippen molar-refractivity contribution >= 4 is 49.7 Å². The first-order chi connectivity index (χ1) is 13.4. The van der Waals surface area contributed by atoms with Crippen molar-refractivity contribution in [1.29, 1.82) is 0 Å². The van der Waals surface area contributed by atoms with Crippen LogP contribution in [0.25, 0.3) is 0 Å². The summed E-state index contributed by atoms with van der Waals surface area (Å²) in [5, 5.41) is 4.55. The van der Waals surface area contributed by atoms with Crippen molar-refractivity contribution in [3.05, 3.63) is 63.6 Å². The third-order valence-corrected chi connectivity index (χ3v) is 7.19. The number of hydrogen-bond donors (Lipinski definition) is 1. The van der Waals surface area contributed by atoms with E-state index < -0.39 is 10.0 Å². The van der Waals surface area contributed by atoms with Crippen molar-refractivity contribution in [2.75, 3.05) is 13.1 Å². The van der Waals surface area contributed by atoms with Crippen LogP contribution >= 0.6 is 27.5 Å². The lowest BCUT2D eigenvalue weighted by atomic mass is 9.98. The van der Waals surface area contributed by atoms with E-state index in [1.54, 1.807) is 42.5 Å². The summed E-state index contributed by atoms with van der Waals surface area (Å²) in [7, 11) is -3.55. The lowest BCUT2D eigenvalue weighted by molar-refractivity contribution is -0.126. The van der Waals surface area contributed by atoms with Gasteiger partial charge in [0.2, 0.25) is 15.9 Å². The fraction of sp³-hybridized carbons (Fsp3) is 0.263. The highest BCUT2D eigenvalue weighted by atomic mass is 79.9. The van der Waals surface area contributed by atoms with Crippen LogP contribution in [-0.2, 0) is 14.8 Å². The average Bonchev–Trinajstić information content (AvgIpc) is 2.68. The van der Waals surface area contributed by atoms with Crippen molar-refractivity contribution in [2.24, 2.45) is 11.0 Å². The molecule has 1 saturated heterocycles. The van der Waals surface area contributed by atoms with E-state index in [9.17, 15) is 13.2 Å². The van der Waals surface area contributed by atoms with Gasteiger partial charge in [-0.05, 0) is 54.8 Å². The first-order valence-corrected chi connectivity index (χ1v) is 11.3. The van der Waals surface area contributed by atoms with Crippen molar-refractivity contribution in [3.63, 3.8) is 0 Å². The molecule has 0 saturated carbocycles. The number of carbonyl (C=O) groups excluding carboxylic acids is 1. The van der Waals surface area contributed by atoms with E-state index in [0.29, 0.717) is 31.0 Å². The van der Waals surface area contributed by atoms with Gasteiger partial charge in [-0.15, -0.1) is 0 Å². The zero-order valence-electron chi connectivity index (χ0n) is 14.9. The second-order valence-electron chi connectivity index (χ2n) is 6.42. The van der Waals surface area contributed by atoms with Gasteiger partial charge in [-0.25, -0.2) is 13.8 Å². The molecule has 0 aliphatic carbocycles. The summed E-state index contributed by atoms with van der Waals surface area (Å²) in [5.74, 6) is -0.480. The second-order valence-corrected chi connectivity index (χ2v) is 9.71. The van der Waals surface area contributed by atoms with Crippen LogP contribution in [0, 0.1) is 5.92 Å². The van der Waals surface area contributed by atoms with Crippen molar-refractivity contribution in [3.8, 4) is 0 Å². The quantitative estimate of drug-likeness (QED) is 0.520. The Morgan fingerprint density at radius 3 is 2.50 bits per heavy atom. The molecule has 2 aromatic carbocycles. The number of amides is 1. The van der Waals surface area contributed by atoms with E-state index in [-0.39, 0.29) is 16.7 Å². The van der Waals surface area contributed by atoms with Crippen molar-refractivity contribution in [1.82, 2.24) is 9.73 Å². The maximum Gasteiger partial charge on any atom is 0.243 e. The van der Waals surface area contributed by atoms with E-state index in [1.807, 2.05) is 6.07 Å². The highest BCUT2D eigenvalue weighted by Crippen LogP contribution is 2.25. The van der Waals surface area contributed by atoms with E-state index in [2.05, 4.69) is 26.5 Å². The summed E-state index contributed by atoms with van der Waals surface area (Å²) in [6.45, 7) is 0.600. The third-order valence-electron chi connectivity index (χ3n) is 4.51. The number of nitrogens with one attached hydrogen (secondary N) is 1. The Hall–Kier alpha value is -1.74. The monoisotopic (exact) mass is 483 g/mol. The molecule has 6 nitrogen and oxygen atoms in total. The van der Waals surface area contributed by atoms with Gasteiger partial charge in [-0.3, -0.25) is 4.79 Å². The summed E-state index contributed by atoms with van der Waals surface area (Å²) in [6, 6.07) is 13.7. The van der Waals surface area contributed by atoms with Gasteiger partial charge in [-0.2, -0.15) is 9.41 Å². The smallest absolute Gasteiger partial charge is 0.243 e. The van der Waals surface area contributed by atoms with Crippen LogP contribution < -0.4 is 5.43 Å². The normalized spacial score (nSPS) is 16.4. The third kappa shape index (κ3) is 5.20. The molecule has 1 fully saturated rings. The molecule has 1 amide bonds. The Bertz CT molecular complexity index is 972. The first-order valence-electron chi connectivity index (χ1n) is 8.70. The Kier molecular flexibility index (Phi) is 6.87. The maximum absolute atomic E-state index is 12.7. The molecule has 0 radical (unpaired) electrons. The number of carbonyl (C=O) groups is 1. The molecule has 0 unspecified atom stereocenters. The average molecular weight is 485 g/mol. The van der Waals surface area contributed by atoms with Crippen LogP contribution in [0.2, 0.25) is 5.02 Å². The van der Waals surface area contributed by atoms with E-state index in [1.165, 1.54) is 10.5 Å². The minimum absolute atomic E-state index is 0.209. The van der Waals surface area contributed by atoms with Crippen LogP contribution in [-0.4, -0.2) is 37.9 Å². The second kappa shape index (κ2) is 9.17. The molecule has 28 heavy (non-hydrogen) atoms. The Morgan fingerprint density at radius 2 is 1.86 bits per heavy atom. The van der Waals surface area contributed by atoms with Gasteiger partial charge in [0.15, 0.2) is 0 Å². The predicted molar refractivity (Wildman–Crippen MR) is 113 cm³/mol. The highest BCUT2D eigenvalue weighted by molar-refractivity contribution is 9.10. The van der Waals surface area contributed by atoms with Crippen LogP contribution in [0.15, 0.2) is 63.0 Å². The summed E-state index contributed by atoms with van der Waals surface area (Å²) in [4.78, 5) is 12.5. The molecule has 3 rings (SSSR count). The van der Waals surface area contributed by atoms with Gasteiger partial charge >= 0.3 is 0 Å². The Morgan fingerprint density at radius 1 is 1.18 bits per heavy atom. The van der Waals surface area contributed by atoms with E-state index in [0.717, 1.165) is 10.0 Å². The topological polar surface area (TPSA) is 78.8 Å². The molecule has 1 heterocycles. The Balaban J connectivity index is 1.54. The summed E-state index contributed by atoms with van der Waals surface area (Å²) in [5.41, 5.74) is 3.31. The van der Waals surface area contributed by atoms with E-state index in [4.69, 9.17) is 11.6 Å². The van der Waals surface area contributed by atoms with Gasteiger partial charge in [0, 0.05) is 28.5 Å². The molecule has 0 aromatic heterocycles. The predicted octanol–water partition coefficient (Wildman–Crippen LogP) is 3.65. The Labute approximate surface area is 177 Å². The minimum Gasteiger partial charge on any atom is -0.273 e. The molecule has 0 bridgehead atoms. The minimum atomic E-state index is -3.55. The molecule has 0 spiro atoms. The number of benzene rings is 2. The summed E-state index contributed by atoms with van der Waals surface area (Å²) < 4.78 is 27.7. The standard InChI is InChI=1S/C19H19BrClN3O3S/c20-16-4-6-18(7-5-16)28(26,27)24-10-8-15(9-11-24)19(25)23-22-13-14-2-1-3-17(21)12-14/h1-7,12-13,15H,8-11H2,(H,23,25)/b22-13-. The number of nitrogens with zero attached hydrogens (tertiary/aromatic N) is 2. The molecule has 9 heteroatoms. The van der Waals surface area contributed by atoms with Gasteiger partial charge in [0.1, 0.15) is 0 Å². The zero-order valence-corrected chi connectivity index (χ0v) is 18.0. The fourth-order valence-corrected chi connectivity index (χ4v) is 4.90. The van der Waals surface area contributed by atoms with E-state index >= 15 is 0 Å². The molecule has 1 aliphatic heterocycles. The van der Waals surface area contributed by atoms with Gasteiger partial charge in [-0.1, -0.05) is 39.7 Å². The number of hydrazone groups is 1. The van der Waals surface area contributed by atoms with Crippen molar-refractivity contribution in [2.45, 2.75) is 17.7 Å².